The molecule has 0 amide bonds. The summed E-state index contributed by atoms with van der Waals surface area (Å²) in [5.74, 6) is 0. The van der Waals surface area contributed by atoms with Gasteiger partial charge in [0.25, 0.3) is 10.1 Å². The van der Waals surface area contributed by atoms with Gasteiger partial charge in [-0.25, -0.2) is 0 Å². The minimum atomic E-state index is -3.87. The molecule has 0 aromatic heterocycles. The number of rotatable bonds is 10. The van der Waals surface area contributed by atoms with Gasteiger partial charge >= 0.3 is 0 Å². The molecule has 1 heterocycles. The van der Waals surface area contributed by atoms with Crippen molar-refractivity contribution in [2.45, 2.75) is 50.1 Å². The Hall–Kier alpha value is -1.77. The first-order valence-corrected chi connectivity index (χ1v) is 11.3. The zero-order valence-electron chi connectivity index (χ0n) is 16.7. The standard InChI is InChI=1S/C22H28O6S/c1-18-10-12-21(13-11-18)29(23,24)28-17-20(16-27-22-9-5-6-14-25-22)26-15-19-7-3-2-4-8-19/h2-4,7-8,10-13,20,22H,5-6,9,14-17H2,1H3/t20-,22?/m1/s1. The highest BCUT2D eigenvalue weighted by Gasteiger charge is 2.22. The molecule has 1 saturated heterocycles. The average Bonchev–Trinajstić information content (AvgIpc) is 2.75. The Morgan fingerprint density at radius 2 is 1.79 bits per heavy atom. The zero-order valence-corrected chi connectivity index (χ0v) is 17.5. The maximum absolute atomic E-state index is 12.5. The largest absolute Gasteiger partial charge is 0.369 e. The molecule has 0 radical (unpaired) electrons. The summed E-state index contributed by atoms with van der Waals surface area (Å²) in [5.41, 5.74) is 1.97. The molecule has 7 heteroatoms. The Balaban J connectivity index is 1.58. The van der Waals surface area contributed by atoms with Gasteiger partial charge in [-0.3, -0.25) is 4.18 Å². The fourth-order valence-electron chi connectivity index (χ4n) is 2.93. The van der Waals surface area contributed by atoms with Crippen molar-refractivity contribution in [1.29, 1.82) is 0 Å². The third-order valence-corrected chi connectivity index (χ3v) is 5.95. The van der Waals surface area contributed by atoms with Crippen molar-refractivity contribution < 1.29 is 26.8 Å². The molecular formula is C22H28O6S. The highest BCUT2D eigenvalue weighted by atomic mass is 32.2. The third-order valence-electron chi connectivity index (χ3n) is 4.65. The summed E-state index contributed by atoms with van der Waals surface area (Å²) in [5, 5.41) is 0. The molecule has 2 aromatic rings. The molecule has 0 spiro atoms. The van der Waals surface area contributed by atoms with Gasteiger partial charge in [-0.2, -0.15) is 8.42 Å². The van der Waals surface area contributed by atoms with Gasteiger partial charge in [-0.05, 0) is 43.9 Å². The topological polar surface area (TPSA) is 71.1 Å². The van der Waals surface area contributed by atoms with Crippen LogP contribution < -0.4 is 0 Å². The molecule has 2 atom stereocenters. The molecule has 29 heavy (non-hydrogen) atoms. The number of hydrogen-bond acceptors (Lipinski definition) is 6. The normalized spacial score (nSPS) is 18.4. The summed E-state index contributed by atoms with van der Waals surface area (Å²) < 4.78 is 47.5. The summed E-state index contributed by atoms with van der Waals surface area (Å²) in [6.45, 7) is 2.99. The van der Waals surface area contributed by atoms with Gasteiger partial charge in [0.05, 0.1) is 24.7 Å². The van der Waals surface area contributed by atoms with E-state index < -0.39 is 16.2 Å². The van der Waals surface area contributed by atoms with Crippen LogP contribution in [0.3, 0.4) is 0 Å². The summed E-state index contributed by atoms with van der Waals surface area (Å²) in [6, 6.07) is 16.2. The van der Waals surface area contributed by atoms with Crippen molar-refractivity contribution in [2.75, 3.05) is 19.8 Å². The quantitative estimate of drug-likeness (QED) is 0.544. The highest BCUT2D eigenvalue weighted by molar-refractivity contribution is 7.86. The lowest BCUT2D eigenvalue weighted by molar-refractivity contribution is -0.183. The van der Waals surface area contributed by atoms with E-state index in [9.17, 15) is 8.42 Å². The van der Waals surface area contributed by atoms with Crippen molar-refractivity contribution in [2.24, 2.45) is 0 Å². The average molecular weight is 421 g/mol. The van der Waals surface area contributed by atoms with Gasteiger partial charge < -0.3 is 14.2 Å². The van der Waals surface area contributed by atoms with Crippen LogP contribution in [0.1, 0.15) is 30.4 Å². The van der Waals surface area contributed by atoms with Crippen LogP contribution in [0.25, 0.3) is 0 Å². The molecular weight excluding hydrogens is 392 g/mol. The molecule has 6 nitrogen and oxygen atoms in total. The second-order valence-corrected chi connectivity index (χ2v) is 8.72. The first kappa shape index (κ1) is 21.9. The summed E-state index contributed by atoms with van der Waals surface area (Å²) in [7, 11) is -3.87. The first-order chi connectivity index (χ1) is 14.0. The Morgan fingerprint density at radius 3 is 2.48 bits per heavy atom. The van der Waals surface area contributed by atoms with Crippen LogP contribution >= 0.6 is 0 Å². The number of ether oxygens (including phenoxy) is 3. The number of hydrogen-bond donors (Lipinski definition) is 0. The fraction of sp³-hybridized carbons (Fsp3) is 0.455. The van der Waals surface area contributed by atoms with Gasteiger partial charge in [0, 0.05) is 6.61 Å². The fourth-order valence-corrected chi connectivity index (χ4v) is 3.86. The van der Waals surface area contributed by atoms with E-state index >= 15 is 0 Å². The molecule has 158 valence electrons. The lowest BCUT2D eigenvalue weighted by atomic mass is 10.2. The summed E-state index contributed by atoms with van der Waals surface area (Å²) in [4.78, 5) is 0.126. The van der Waals surface area contributed by atoms with Crippen LogP contribution in [-0.4, -0.2) is 40.6 Å². The predicted molar refractivity (Wildman–Crippen MR) is 109 cm³/mol. The number of aryl methyl sites for hydroxylation is 1. The van der Waals surface area contributed by atoms with E-state index in [2.05, 4.69) is 0 Å². The molecule has 1 fully saturated rings. The van der Waals surface area contributed by atoms with Crippen LogP contribution in [0.5, 0.6) is 0 Å². The summed E-state index contributed by atoms with van der Waals surface area (Å²) in [6.07, 6.45) is 2.10. The van der Waals surface area contributed by atoms with Gasteiger partial charge in [0.1, 0.15) is 6.10 Å². The highest BCUT2D eigenvalue weighted by Crippen LogP contribution is 2.17. The molecule has 2 aromatic carbocycles. The van der Waals surface area contributed by atoms with Gasteiger partial charge in [0.2, 0.25) is 0 Å². The monoisotopic (exact) mass is 420 g/mol. The lowest BCUT2D eigenvalue weighted by Crippen LogP contribution is -2.31. The van der Waals surface area contributed by atoms with E-state index in [4.69, 9.17) is 18.4 Å². The molecule has 0 N–H and O–H groups in total. The van der Waals surface area contributed by atoms with Crippen molar-refractivity contribution in [3.05, 3.63) is 65.7 Å². The maximum Gasteiger partial charge on any atom is 0.297 e. The van der Waals surface area contributed by atoms with E-state index in [1.165, 1.54) is 12.1 Å². The minimum absolute atomic E-state index is 0.126. The van der Waals surface area contributed by atoms with Crippen molar-refractivity contribution >= 4 is 10.1 Å². The van der Waals surface area contributed by atoms with Crippen LogP contribution in [-0.2, 0) is 35.1 Å². The van der Waals surface area contributed by atoms with Crippen molar-refractivity contribution in [3.8, 4) is 0 Å². The van der Waals surface area contributed by atoms with E-state index in [0.717, 1.165) is 30.4 Å². The van der Waals surface area contributed by atoms with E-state index in [-0.39, 0.29) is 24.4 Å². The van der Waals surface area contributed by atoms with Crippen LogP contribution in [0, 0.1) is 6.92 Å². The van der Waals surface area contributed by atoms with E-state index in [1.807, 2.05) is 37.3 Å². The van der Waals surface area contributed by atoms with Crippen LogP contribution in [0.2, 0.25) is 0 Å². The Bertz CT molecular complexity index is 829. The molecule has 0 saturated carbocycles. The van der Waals surface area contributed by atoms with Gasteiger partial charge in [0.15, 0.2) is 6.29 Å². The molecule has 1 unspecified atom stereocenters. The second-order valence-electron chi connectivity index (χ2n) is 7.10. The third kappa shape index (κ3) is 7.21. The Morgan fingerprint density at radius 1 is 1.03 bits per heavy atom. The van der Waals surface area contributed by atoms with Crippen molar-refractivity contribution in [1.82, 2.24) is 0 Å². The molecule has 3 rings (SSSR count). The first-order valence-electron chi connectivity index (χ1n) is 9.88. The SMILES string of the molecule is Cc1ccc(S(=O)(=O)OC[C@@H](COC2CCCCO2)OCc2ccccc2)cc1. The smallest absolute Gasteiger partial charge is 0.297 e. The maximum atomic E-state index is 12.5. The lowest BCUT2D eigenvalue weighted by Gasteiger charge is -2.25. The van der Waals surface area contributed by atoms with Crippen molar-refractivity contribution in [3.63, 3.8) is 0 Å². The van der Waals surface area contributed by atoms with Gasteiger partial charge in [-0.1, -0.05) is 48.0 Å². The Kier molecular flexibility index (Phi) is 8.20. The van der Waals surface area contributed by atoms with Crippen LogP contribution in [0.4, 0.5) is 0 Å². The summed E-state index contributed by atoms with van der Waals surface area (Å²) >= 11 is 0. The van der Waals surface area contributed by atoms with Crippen LogP contribution in [0.15, 0.2) is 59.5 Å². The van der Waals surface area contributed by atoms with Gasteiger partial charge in [-0.15, -0.1) is 0 Å². The molecule has 1 aliphatic heterocycles. The minimum Gasteiger partial charge on any atom is -0.369 e. The zero-order chi connectivity index (χ0) is 20.5. The van der Waals surface area contributed by atoms with E-state index in [1.54, 1.807) is 12.1 Å². The molecule has 0 bridgehead atoms. The molecule has 0 aliphatic carbocycles. The predicted octanol–water partition coefficient (Wildman–Crippen LogP) is 3.83. The number of benzene rings is 2. The molecule has 1 aliphatic rings. The Labute approximate surface area is 172 Å². The second kappa shape index (κ2) is 10.8. The van der Waals surface area contributed by atoms with E-state index in [0.29, 0.717) is 13.2 Å².